The molecule has 1 aliphatic carbocycles. The number of amides is 1. The van der Waals surface area contributed by atoms with Crippen molar-refractivity contribution in [2.75, 3.05) is 19.5 Å². The highest BCUT2D eigenvalue weighted by atomic mass is 16.5. The standard InChI is InChI=1S/C23H23NO5/c1-26-17-8-10-21(27-2)20(13-17)24-23(25)22-11-9-19(29-22)14-28-18-7-6-15-4-3-5-16(15)12-18/h6-13H,3-5,14H2,1-2H3,(H,24,25). The molecular formula is C23H23NO5. The summed E-state index contributed by atoms with van der Waals surface area (Å²) in [6, 6.07) is 14.7. The van der Waals surface area contributed by atoms with Crippen LogP contribution in [0.1, 0.15) is 33.9 Å². The molecule has 1 heterocycles. The lowest BCUT2D eigenvalue weighted by Gasteiger charge is -2.11. The van der Waals surface area contributed by atoms with Gasteiger partial charge < -0.3 is 23.9 Å². The van der Waals surface area contributed by atoms with Crippen LogP contribution in [0.25, 0.3) is 0 Å². The van der Waals surface area contributed by atoms with Gasteiger partial charge in [-0.1, -0.05) is 6.07 Å². The summed E-state index contributed by atoms with van der Waals surface area (Å²) < 4.78 is 22.0. The van der Waals surface area contributed by atoms with Gasteiger partial charge in [0.05, 0.1) is 19.9 Å². The van der Waals surface area contributed by atoms with Crippen LogP contribution in [0.4, 0.5) is 5.69 Å². The quantitative estimate of drug-likeness (QED) is 0.634. The van der Waals surface area contributed by atoms with Crippen LogP contribution in [0.3, 0.4) is 0 Å². The van der Waals surface area contributed by atoms with Gasteiger partial charge in [-0.05, 0) is 66.8 Å². The predicted molar refractivity (Wildman–Crippen MR) is 109 cm³/mol. The summed E-state index contributed by atoms with van der Waals surface area (Å²) in [5.41, 5.74) is 3.26. The molecule has 6 nitrogen and oxygen atoms in total. The van der Waals surface area contributed by atoms with Crippen LogP contribution in [0.2, 0.25) is 0 Å². The van der Waals surface area contributed by atoms with Crippen molar-refractivity contribution in [1.82, 2.24) is 0 Å². The number of fused-ring (bicyclic) bond motifs is 1. The van der Waals surface area contributed by atoms with Gasteiger partial charge >= 0.3 is 0 Å². The van der Waals surface area contributed by atoms with E-state index < -0.39 is 0 Å². The van der Waals surface area contributed by atoms with Gasteiger partial charge in [0.15, 0.2) is 5.76 Å². The van der Waals surface area contributed by atoms with Gasteiger partial charge in [-0.3, -0.25) is 4.79 Å². The third kappa shape index (κ3) is 4.21. The van der Waals surface area contributed by atoms with E-state index in [0.717, 1.165) is 18.6 Å². The number of hydrogen-bond acceptors (Lipinski definition) is 5. The van der Waals surface area contributed by atoms with Gasteiger partial charge in [-0.2, -0.15) is 0 Å². The zero-order valence-electron chi connectivity index (χ0n) is 16.5. The Balaban J connectivity index is 1.40. The van der Waals surface area contributed by atoms with Gasteiger partial charge in [-0.25, -0.2) is 0 Å². The fourth-order valence-corrected chi connectivity index (χ4v) is 3.47. The number of carbonyl (C=O) groups excluding carboxylic acids is 1. The number of benzene rings is 2. The Labute approximate surface area is 169 Å². The summed E-state index contributed by atoms with van der Waals surface area (Å²) in [5.74, 6) is 2.36. The van der Waals surface area contributed by atoms with Crippen LogP contribution < -0.4 is 19.5 Å². The summed E-state index contributed by atoms with van der Waals surface area (Å²) >= 11 is 0. The minimum atomic E-state index is -0.375. The summed E-state index contributed by atoms with van der Waals surface area (Å²) in [6.07, 6.45) is 3.45. The lowest BCUT2D eigenvalue weighted by molar-refractivity contribution is 0.0992. The van der Waals surface area contributed by atoms with Crippen molar-refractivity contribution >= 4 is 11.6 Å². The Bertz CT molecular complexity index is 1020. The molecule has 1 aliphatic rings. The van der Waals surface area contributed by atoms with Crippen LogP contribution in [-0.4, -0.2) is 20.1 Å². The van der Waals surface area contributed by atoms with Crippen LogP contribution in [0.5, 0.6) is 17.2 Å². The van der Waals surface area contributed by atoms with Gasteiger partial charge in [0.25, 0.3) is 5.91 Å². The molecular weight excluding hydrogens is 370 g/mol. The van der Waals surface area contributed by atoms with E-state index >= 15 is 0 Å². The van der Waals surface area contributed by atoms with E-state index in [2.05, 4.69) is 17.4 Å². The number of nitrogens with one attached hydrogen (secondary N) is 1. The second-order valence-electron chi connectivity index (χ2n) is 6.86. The zero-order chi connectivity index (χ0) is 20.2. The Hall–Kier alpha value is -3.41. The maximum atomic E-state index is 12.6. The normalized spacial score (nSPS) is 12.3. The largest absolute Gasteiger partial charge is 0.497 e. The van der Waals surface area contributed by atoms with E-state index in [1.165, 1.54) is 17.5 Å². The molecule has 3 aromatic rings. The Morgan fingerprint density at radius 2 is 1.79 bits per heavy atom. The number of ether oxygens (including phenoxy) is 3. The second kappa shape index (κ2) is 8.31. The van der Waals surface area contributed by atoms with E-state index in [4.69, 9.17) is 18.6 Å². The highest BCUT2D eigenvalue weighted by Gasteiger charge is 2.16. The van der Waals surface area contributed by atoms with E-state index in [0.29, 0.717) is 22.9 Å². The van der Waals surface area contributed by atoms with Gasteiger partial charge in [-0.15, -0.1) is 0 Å². The second-order valence-corrected chi connectivity index (χ2v) is 6.86. The van der Waals surface area contributed by atoms with Crippen molar-refractivity contribution in [3.05, 3.63) is 71.2 Å². The van der Waals surface area contributed by atoms with Crippen LogP contribution in [-0.2, 0) is 19.4 Å². The zero-order valence-corrected chi connectivity index (χ0v) is 16.5. The maximum absolute atomic E-state index is 12.6. The predicted octanol–water partition coefficient (Wildman–Crippen LogP) is 4.62. The third-order valence-electron chi connectivity index (χ3n) is 4.99. The lowest BCUT2D eigenvalue weighted by atomic mass is 10.1. The first-order chi connectivity index (χ1) is 14.2. The Morgan fingerprint density at radius 3 is 2.62 bits per heavy atom. The molecule has 0 saturated carbocycles. The number of methoxy groups -OCH3 is 2. The summed E-state index contributed by atoms with van der Waals surface area (Å²) in [7, 11) is 3.10. The summed E-state index contributed by atoms with van der Waals surface area (Å²) in [4.78, 5) is 12.6. The highest BCUT2D eigenvalue weighted by molar-refractivity contribution is 6.03. The van der Waals surface area contributed by atoms with Gasteiger partial charge in [0.2, 0.25) is 0 Å². The molecule has 1 N–H and O–H groups in total. The van der Waals surface area contributed by atoms with Crippen molar-refractivity contribution < 1.29 is 23.4 Å². The van der Waals surface area contributed by atoms with Crippen molar-refractivity contribution in [3.8, 4) is 17.2 Å². The van der Waals surface area contributed by atoms with Crippen molar-refractivity contribution in [2.45, 2.75) is 25.9 Å². The molecule has 0 atom stereocenters. The average Bonchev–Trinajstić information content (AvgIpc) is 3.41. The van der Waals surface area contributed by atoms with Crippen LogP contribution in [0.15, 0.2) is 52.9 Å². The molecule has 4 rings (SSSR count). The molecule has 0 radical (unpaired) electrons. The fraction of sp³-hybridized carbons (Fsp3) is 0.261. The fourth-order valence-electron chi connectivity index (χ4n) is 3.47. The van der Waals surface area contributed by atoms with Gasteiger partial charge in [0.1, 0.15) is 29.6 Å². The first-order valence-corrected chi connectivity index (χ1v) is 9.53. The maximum Gasteiger partial charge on any atom is 0.291 e. The molecule has 0 spiro atoms. The minimum Gasteiger partial charge on any atom is -0.497 e. The molecule has 1 amide bonds. The molecule has 0 bridgehead atoms. The number of anilines is 1. The third-order valence-corrected chi connectivity index (χ3v) is 4.99. The van der Waals surface area contributed by atoms with Gasteiger partial charge in [0, 0.05) is 6.07 Å². The molecule has 2 aromatic carbocycles. The molecule has 29 heavy (non-hydrogen) atoms. The van der Waals surface area contributed by atoms with Crippen molar-refractivity contribution in [2.24, 2.45) is 0 Å². The highest BCUT2D eigenvalue weighted by Crippen LogP contribution is 2.30. The molecule has 1 aromatic heterocycles. The number of furan rings is 1. The number of rotatable bonds is 7. The smallest absolute Gasteiger partial charge is 0.291 e. The molecule has 0 unspecified atom stereocenters. The van der Waals surface area contributed by atoms with E-state index in [-0.39, 0.29) is 18.3 Å². The topological polar surface area (TPSA) is 69.9 Å². The van der Waals surface area contributed by atoms with E-state index in [1.807, 2.05) is 6.07 Å². The first-order valence-electron chi connectivity index (χ1n) is 9.53. The van der Waals surface area contributed by atoms with E-state index in [1.54, 1.807) is 44.6 Å². The first kappa shape index (κ1) is 18.9. The number of carbonyl (C=O) groups is 1. The van der Waals surface area contributed by atoms with Crippen LogP contribution in [0, 0.1) is 0 Å². The number of hydrogen-bond donors (Lipinski definition) is 1. The summed E-state index contributed by atoms with van der Waals surface area (Å²) in [6.45, 7) is 0.258. The molecule has 0 saturated heterocycles. The molecule has 6 heteroatoms. The van der Waals surface area contributed by atoms with E-state index in [9.17, 15) is 4.79 Å². The average molecular weight is 393 g/mol. The lowest BCUT2D eigenvalue weighted by Crippen LogP contribution is -2.12. The summed E-state index contributed by atoms with van der Waals surface area (Å²) in [5, 5.41) is 2.79. The Kier molecular flexibility index (Phi) is 5.42. The van der Waals surface area contributed by atoms with Crippen LogP contribution >= 0.6 is 0 Å². The monoisotopic (exact) mass is 393 g/mol. The Morgan fingerprint density at radius 1 is 0.966 bits per heavy atom. The molecule has 0 fully saturated rings. The van der Waals surface area contributed by atoms with Crippen molar-refractivity contribution in [3.63, 3.8) is 0 Å². The van der Waals surface area contributed by atoms with Crippen molar-refractivity contribution in [1.29, 1.82) is 0 Å². The number of aryl methyl sites for hydroxylation is 2. The molecule has 150 valence electrons. The minimum absolute atomic E-state index is 0.197. The molecule has 0 aliphatic heterocycles. The SMILES string of the molecule is COc1ccc(OC)c(NC(=O)c2ccc(COc3ccc4c(c3)CCC4)o2)c1.